The SMILES string of the molecule is COc1ccc(CCO[C@@H]2CCCC[C@H]2N2CC[C@@H](OC(=O)CCSSc3ccccn3)C2)cc1O. The number of rotatable bonds is 12. The van der Waals surface area contributed by atoms with Crippen LogP contribution in [-0.4, -0.2) is 71.8 Å². The molecular weight excluding hydrogens is 496 g/mol. The number of hydrogen-bond donors (Lipinski definition) is 1. The largest absolute Gasteiger partial charge is 0.504 e. The van der Waals surface area contributed by atoms with E-state index in [9.17, 15) is 9.90 Å². The van der Waals surface area contributed by atoms with Crippen molar-refractivity contribution in [2.75, 3.05) is 32.6 Å². The molecule has 36 heavy (non-hydrogen) atoms. The van der Waals surface area contributed by atoms with Gasteiger partial charge in [-0.25, -0.2) is 4.98 Å². The van der Waals surface area contributed by atoms with Crippen LogP contribution in [0.1, 0.15) is 44.1 Å². The number of ether oxygens (including phenoxy) is 3. The summed E-state index contributed by atoms with van der Waals surface area (Å²) < 4.78 is 17.3. The van der Waals surface area contributed by atoms with Crippen LogP contribution in [0.3, 0.4) is 0 Å². The normalized spacial score (nSPS) is 22.4. The number of aromatic nitrogens is 1. The number of likely N-dealkylation sites (tertiary alicyclic amines) is 1. The van der Waals surface area contributed by atoms with Gasteiger partial charge in [-0.1, -0.05) is 35.8 Å². The van der Waals surface area contributed by atoms with E-state index in [2.05, 4.69) is 9.88 Å². The lowest BCUT2D eigenvalue weighted by molar-refractivity contribution is -0.148. The fourth-order valence-electron chi connectivity index (χ4n) is 4.93. The Balaban J connectivity index is 1.17. The van der Waals surface area contributed by atoms with E-state index in [0.717, 1.165) is 49.4 Å². The Labute approximate surface area is 221 Å². The van der Waals surface area contributed by atoms with E-state index in [1.807, 2.05) is 24.3 Å². The third-order valence-corrected chi connectivity index (χ3v) is 9.02. The monoisotopic (exact) mass is 532 g/mol. The van der Waals surface area contributed by atoms with Crippen molar-refractivity contribution in [2.24, 2.45) is 0 Å². The maximum Gasteiger partial charge on any atom is 0.306 e. The Morgan fingerprint density at radius 1 is 1.19 bits per heavy atom. The van der Waals surface area contributed by atoms with Crippen LogP contribution in [0.5, 0.6) is 11.5 Å². The van der Waals surface area contributed by atoms with Gasteiger partial charge in [0.15, 0.2) is 11.5 Å². The van der Waals surface area contributed by atoms with Crippen LogP contribution in [0.15, 0.2) is 47.6 Å². The van der Waals surface area contributed by atoms with Gasteiger partial charge in [0.05, 0.1) is 26.2 Å². The second-order valence-corrected chi connectivity index (χ2v) is 11.7. The number of hydrogen-bond acceptors (Lipinski definition) is 9. The molecule has 2 fully saturated rings. The molecule has 1 aromatic carbocycles. The van der Waals surface area contributed by atoms with E-state index in [0.29, 0.717) is 30.6 Å². The van der Waals surface area contributed by atoms with Crippen molar-refractivity contribution in [3.63, 3.8) is 0 Å². The van der Waals surface area contributed by atoms with Gasteiger partial charge in [-0.2, -0.15) is 0 Å². The second-order valence-electron chi connectivity index (χ2n) is 9.24. The van der Waals surface area contributed by atoms with Crippen molar-refractivity contribution in [1.82, 2.24) is 9.88 Å². The number of aromatic hydroxyl groups is 1. The minimum atomic E-state index is -0.116. The summed E-state index contributed by atoms with van der Waals surface area (Å²) in [6.45, 7) is 2.35. The highest BCUT2D eigenvalue weighted by Gasteiger charge is 2.36. The zero-order valence-electron chi connectivity index (χ0n) is 20.8. The smallest absolute Gasteiger partial charge is 0.306 e. The number of carbonyl (C=O) groups is 1. The Bertz CT molecular complexity index is 964. The highest BCUT2D eigenvalue weighted by atomic mass is 33.1. The zero-order chi connectivity index (χ0) is 25.2. The lowest BCUT2D eigenvalue weighted by Gasteiger charge is -2.37. The molecule has 0 radical (unpaired) electrons. The number of esters is 1. The van der Waals surface area contributed by atoms with Gasteiger partial charge in [-0.05, 0) is 66.3 Å². The van der Waals surface area contributed by atoms with Crippen molar-refractivity contribution >= 4 is 27.6 Å². The summed E-state index contributed by atoms with van der Waals surface area (Å²) in [5.74, 6) is 1.24. The molecule has 0 amide bonds. The maximum absolute atomic E-state index is 12.4. The molecule has 0 unspecified atom stereocenters. The first-order valence-electron chi connectivity index (χ1n) is 12.7. The van der Waals surface area contributed by atoms with Crippen LogP contribution < -0.4 is 4.74 Å². The first-order valence-corrected chi connectivity index (χ1v) is 15.1. The molecule has 4 rings (SSSR count). The van der Waals surface area contributed by atoms with Gasteiger partial charge < -0.3 is 19.3 Å². The molecule has 2 aliphatic rings. The first-order chi connectivity index (χ1) is 17.6. The Kier molecular flexibility index (Phi) is 10.6. The molecule has 1 aromatic heterocycles. The number of phenolic OH excluding ortho intramolecular Hbond substituents is 1. The standard InChI is InChI=1S/C27H36N2O5S2/c1-32-25-10-9-20(18-23(25)30)12-16-33-24-7-3-2-6-22(24)29-15-11-21(19-29)34-27(31)13-17-35-36-26-8-4-5-14-28-26/h4-5,8-10,14,18,21-22,24,30H,2-3,6-7,11-13,15-17,19H2,1H3/t21-,22-,24-/m1/s1. The van der Waals surface area contributed by atoms with Gasteiger partial charge in [0.2, 0.25) is 0 Å². The molecule has 1 saturated heterocycles. The van der Waals surface area contributed by atoms with Crippen molar-refractivity contribution in [2.45, 2.75) is 68.2 Å². The fraction of sp³-hybridized carbons (Fsp3) is 0.556. The summed E-state index contributed by atoms with van der Waals surface area (Å²) in [7, 11) is 4.77. The van der Waals surface area contributed by atoms with Gasteiger partial charge in [-0.3, -0.25) is 9.69 Å². The van der Waals surface area contributed by atoms with E-state index < -0.39 is 0 Å². The van der Waals surface area contributed by atoms with E-state index in [4.69, 9.17) is 14.2 Å². The van der Waals surface area contributed by atoms with Crippen molar-refractivity contribution < 1.29 is 24.1 Å². The van der Waals surface area contributed by atoms with E-state index in [1.165, 1.54) is 12.8 Å². The topological polar surface area (TPSA) is 81.1 Å². The van der Waals surface area contributed by atoms with Gasteiger partial charge >= 0.3 is 5.97 Å². The van der Waals surface area contributed by atoms with E-state index in [1.54, 1.807) is 47.0 Å². The molecule has 2 heterocycles. The fourth-order valence-corrected chi connectivity index (χ4v) is 6.78. The van der Waals surface area contributed by atoms with Crippen LogP contribution in [0.25, 0.3) is 0 Å². The van der Waals surface area contributed by atoms with Crippen molar-refractivity contribution in [3.05, 3.63) is 48.2 Å². The summed E-state index contributed by atoms with van der Waals surface area (Å²) in [4.78, 5) is 19.1. The van der Waals surface area contributed by atoms with Crippen LogP contribution in [0, 0.1) is 0 Å². The predicted octanol–water partition coefficient (Wildman–Crippen LogP) is 5.11. The van der Waals surface area contributed by atoms with Crippen LogP contribution in [0.2, 0.25) is 0 Å². The van der Waals surface area contributed by atoms with Gasteiger partial charge in [0.1, 0.15) is 11.1 Å². The summed E-state index contributed by atoms with van der Waals surface area (Å²) in [5, 5.41) is 11.0. The van der Waals surface area contributed by atoms with Gasteiger partial charge in [0.25, 0.3) is 0 Å². The number of methoxy groups -OCH3 is 1. The number of carbonyl (C=O) groups excluding carboxylic acids is 1. The van der Waals surface area contributed by atoms with Crippen LogP contribution in [0.4, 0.5) is 0 Å². The molecule has 1 N–H and O–H groups in total. The number of phenols is 1. The molecule has 9 heteroatoms. The van der Waals surface area contributed by atoms with E-state index in [-0.39, 0.29) is 23.9 Å². The molecule has 0 spiro atoms. The number of benzene rings is 1. The predicted molar refractivity (Wildman–Crippen MR) is 144 cm³/mol. The summed E-state index contributed by atoms with van der Waals surface area (Å²) >= 11 is 0. The van der Waals surface area contributed by atoms with Crippen LogP contribution >= 0.6 is 21.6 Å². The Morgan fingerprint density at radius 3 is 2.89 bits per heavy atom. The molecule has 3 atom stereocenters. The Morgan fingerprint density at radius 2 is 2.08 bits per heavy atom. The highest BCUT2D eigenvalue weighted by Crippen LogP contribution is 2.31. The Hall–Kier alpha value is -1.94. The first kappa shape index (κ1) is 27.1. The van der Waals surface area contributed by atoms with Gasteiger partial charge in [-0.15, -0.1) is 0 Å². The molecule has 7 nitrogen and oxygen atoms in total. The summed E-state index contributed by atoms with van der Waals surface area (Å²) in [6.07, 6.45) is 8.56. The second kappa shape index (κ2) is 14.1. The molecule has 2 aromatic rings. The molecule has 1 aliphatic carbocycles. The maximum atomic E-state index is 12.4. The third kappa shape index (κ3) is 8.03. The van der Waals surface area contributed by atoms with E-state index >= 15 is 0 Å². The molecule has 0 bridgehead atoms. The number of nitrogens with zero attached hydrogens (tertiary/aromatic N) is 2. The average Bonchev–Trinajstić information content (AvgIpc) is 3.36. The third-order valence-electron chi connectivity index (χ3n) is 6.75. The minimum absolute atomic E-state index is 0.0317. The average molecular weight is 533 g/mol. The highest BCUT2D eigenvalue weighted by molar-refractivity contribution is 8.76. The zero-order valence-corrected chi connectivity index (χ0v) is 22.5. The summed E-state index contributed by atoms with van der Waals surface area (Å²) in [5.41, 5.74) is 1.03. The lowest BCUT2D eigenvalue weighted by atomic mass is 9.91. The molecule has 196 valence electrons. The van der Waals surface area contributed by atoms with Gasteiger partial charge in [0, 0.05) is 31.1 Å². The summed E-state index contributed by atoms with van der Waals surface area (Å²) in [6, 6.07) is 11.7. The molecular formula is C27H36N2O5S2. The minimum Gasteiger partial charge on any atom is -0.504 e. The lowest BCUT2D eigenvalue weighted by Crippen LogP contribution is -2.46. The van der Waals surface area contributed by atoms with Crippen molar-refractivity contribution in [1.29, 1.82) is 0 Å². The molecule has 1 aliphatic heterocycles. The quantitative estimate of drug-likeness (QED) is 0.228. The van der Waals surface area contributed by atoms with Crippen LogP contribution in [-0.2, 0) is 20.7 Å². The molecule has 1 saturated carbocycles. The number of pyridine rings is 1. The van der Waals surface area contributed by atoms with Crippen molar-refractivity contribution in [3.8, 4) is 11.5 Å².